The zero-order valence-electron chi connectivity index (χ0n) is 14.1. The van der Waals surface area contributed by atoms with Crippen LogP contribution in [0.2, 0.25) is 0 Å². The summed E-state index contributed by atoms with van der Waals surface area (Å²) in [6, 6.07) is 12.4. The molecule has 0 saturated heterocycles. The van der Waals surface area contributed by atoms with Gasteiger partial charge in [-0.15, -0.1) is 0 Å². The summed E-state index contributed by atoms with van der Waals surface area (Å²) in [6.45, 7) is 3.61. The Labute approximate surface area is 141 Å². The number of aryl methyl sites for hydroxylation is 2. The monoisotopic (exact) mass is 327 g/mol. The molecule has 0 heterocycles. The molecule has 0 radical (unpaired) electrons. The molecule has 2 aromatic rings. The Kier molecular flexibility index (Phi) is 5.95. The van der Waals surface area contributed by atoms with Crippen LogP contribution in [0.5, 0.6) is 5.75 Å². The van der Waals surface area contributed by atoms with Crippen molar-refractivity contribution in [3.05, 3.63) is 59.2 Å². The molecule has 0 aromatic heterocycles. The summed E-state index contributed by atoms with van der Waals surface area (Å²) in [5, 5.41) is 2.82. The Bertz CT molecular complexity index is 740. The van der Waals surface area contributed by atoms with Crippen molar-refractivity contribution >= 4 is 17.6 Å². The third-order valence-electron chi connectivity index (χ3n) is 3.64. The topological polar surface area (TPSA) is 64.6 Å². The molecule has 0 unspecified atom stereocenters. The van der Waals surface area contributed by atoms with Crippen LogP contribution >= 0.6 is 0 Å². The molecule has 0 saturated carbocycles. The normalized spacial score (nSPS) is 10.1. The third kappa shape index (κ3) is 4.35. The number of carbonyl (C=O) groups is 2. The number of benzene rings is 2. The fraction of sp³-hybridized carbons (Fsp3) is 0.263. The van der Waals surface area contributed by atoms with Gasteiger partial charge >= 0.3 is 5.97 Å². The minimum atomic E-state index is -0.565. The van der Waals surface area contributed by atoms with Crippen molar-refractivity contribution in [2.45, 2.75) is 20.3 Å². The van der Waals surface area contributed by atoms with E-state index in [1.807, 2.05) is 32.0 Å². The molecule has 24 heavy (non-hydrogen) atoms. The maximum absolute atomic E-state index is 12.1. The predicted octanol–water partition coefficient (Wildman–Crippen LogP) is 3.36. The van der Waals surface area contributed by atoms with Crippen molar-refractivity contribution < 1.29 is 19.1 Å². The van der Waals surface area contributed by atoms with E-state index in [0.29, 0.717) is 11.3 Å². The highest BCUT2D eigenvalue weighted by molar-refractivity contribution is 5.96. The molecule has 0 aliphatic rings. The predicted molar refractivity (Wildman–Crippen MR) is 92.5 cm³/mol. The van der Waals surface area contributed by atoms with Crippen LogP contribution in [-0.4, -0.2) is 25.6 Å². The Balaban J connectivity index is 1.97. The van der Waals surface area contributed by atoms with Crippen LogP contribution in [-0.2, 0) is 16.0 Å². The van der Waals surface area contributed by atoms with Gasteiger partial charge in [-0.05, 0) is 42.7 Å². The number of hydrogen-bond acceptors (Lipinski definition) is 4. The van der Waals surface area contributed by atoms with Crippen LogP contribution in [0.4, 0.5) is 5.69 Å². The number of ether oxygens (including phenoxy) is 2. The van der Waals surface area contributed by atoms with Crippen molar-refractivity contribution in [1.82, 2.24) is 0 Å². The molecule has 5 nitrogen and oxygen atoms in total. The minimum absolute atomic E-state index is 0.340. The van der Waals surface area contributed by atoms with E-state index in [2.05, 4.69) is 5.32 Å². The van der Waals surface area contributed by atoms with Gasteiger partial charge in [0.05, 0.1) is 12.7 Å². The lowest BCUT2D eigenvalue weighted by molar-refractivity contribution is -0.119. The summed E-state index contributed by atoms with van der Waals surface area (Å²) >= 11 is 0. The SMILES string of the molecule is CCc1cccc(C)c1NC(=O)COC(=O)c1cccc(OC)c1. The number of rotatable bonds is 6. The van der Waals surface area contributed by atoms with Gasteiger partial charge in [0.15, 0.2) is 6.61 Å². The fourth-order valence-electron chi connectivity index (χ4n) is 2.34. The van der Waals surface area contributed by atoms with E-state index in [4.69, 9.17) is 9.47 Å². The number of esters is 1. The average Bonchev–Trinajstić information content (AvgIpc) is 2.61. The molecule has 0 fully saturated rings. The van der Waals surface area contributed by atoms with Gasteiger partial charge in [-0.25, -0.2) is 4.79 Å². The van der Waals surface area contributed by atoms with Gasteiger partial charge in [0, 0.05) is 5.69 Å². The van der Waals surface area contributed by atoms with Gasteiger partial charge < -0.3 is 14.8 Å². The molecule has 0 spiro atoms. The van der Waals surface area contributed by atoms with Crippen molar-refractivity contribution in [2.75, 3.05) is 19.0 Å². The Morgan fingerprint density at radius 1 is 1.12 bits per heavy atom. The van der Waals surface area contributed by atoms with Crippen LogP contribution in [0.25, 0.3) is 0 Å². The highest BCUT2D eigenvalue weighted by atomic mass is 16.5. The van der Waals surface area contributed by atoms with E-state index < -0.39 is 5.97 Å². The molecule has 2 aromatic carbocycles. The second-order valence-corrected chi connectivity index (χ2v) is 5.32. The molecule has 0 bridgehead atoms. The van der Waals surface area contributed by atoms with E-state index >= 15 is 0 Å². The zero-order chi connectivity index (χ0) is 17.5. The lowest BCUT2D eigenvalue weighted by Crippen LogP contribution is -2.22. The lowest BCUT2D eigenvalue weighted by atomic mass is 10.1. The number of anilines is 1. The smallest absolute Gasteiger partial charge is 0.338 e. The zero-order valence-corrected chi connectivity index (χ0v) is 14.1. The summed E-state index contributed by atoms with van der Waals surface area (Å²) in [6.07, 6.45) is 0.806. The first-order valence-corrected chi connectivity index (χ1v) is 7.74. The standard InChI is InChI=1S/C19H21NO4/c1-4-14-8-5-7-13(2)18(14)20-17(21)12-24-19(22)15-9-6-10-16(11-15)23-3/h5-11H,4,12H2,1-3H3,(H,20,21). The molecule has 1 N–H and O–H groups in total. The second kappa shape index (κ2) is 8.15. The molecule has 0 aliphatic carbocycles. The van der Waals surface area contributed by atoms with Crippen molar-refractivity contribution in [3.63, 3.8) is 0 Å². The first-order chi connectivity index (χ1) is 11.5. The Morgan fingerprint density at radius 2 is 1.88 bits per heavy atom. The van der Waals surface area contributed by atoms with Crippen molar-refractivity contribution in [3.8, 4) is 5.75 Å². The van der Waals surface area contributed by atoms with Crippen LogP contribution in [0.3, 0.4) is 0 Å². The first-order valence-electron chi connectivity index (χ1n) is 7.74. The second-order valence-electron chi connectivity index (χ2n) is 5.32. The van der Waals surface area contributed by atoms with E-state index in [-0.39, 0.29) is 12.5 Å². The van der Waals surface area contributed by atoms with Gasteiger partial charge in [-0.2, -0.15) is 0 Å². The number of carbonyl (C=O) groups excluding carboxylic acids is 2. The van der Waals surface area contributed by atoms with Crippen LogP contribution in [0, 0.1) is 6.92 Å². The van der Waals surface area contributed by atoms with E-state index in [1.54, 1.807) is 24.3 Å². The van der Waals surface area contributed by atoms with E-state index in [0.717, 1.165) is 23.2 Å². The minimum Gasteiger partial charge on any atom is -0.497 e. The van der Waals surface area contributed by atoms with Gasteiger partial charge in [-0.3, -0.25) is 4.79 Å². The van der Waals surface area contributed by atoms with Gasteiger partial charge in [0.2, 0.25) is 0 Å². The molecule has 0 atom stereocenters. The highest BCUT2D eigenvalue weighted by Gasteiger charge is 2.13. The molecular weight excluding hydrogens is 306 g/mol. The number of methoxy groups -OCH3 is 1. The fourth-order valence-corrected chi connectivity index (χ4v) is 2.34. The average molecular weight is 327 g/mol. The summed E-state index contributed by atoms with van der Waals surface area (Å²) < 4.78 is 10.1. The van der Waals surface area contributed by atoms with Crippen LogP contribution in [0.15, 0.2) is 42.5 Å². The third-order valence-corrected chi connectivity index (χ3v) is 3.64. The largest absolute Gasteiger partial charge is 0.497 e. The summed E-state index contributed by atoms with van der Waals surface area (Å²) in [4.78, 5) is 24.1. The lowest BCUT2D eigenvalue weighted by Gasteiger charge is -2.13. The Hall–Kier alpha value is -2.82. The number of amides is 1. The molecule has 2 rings (SSSR count). The van der Waals surface area contributed by atoms with Crippen molar-refractivity contribution in [2.24, 2.45) is 0 Å². The molecule has 126 valence electrons. The van der Waals surface area contributed by atoms with Gasteiger partial charge in [0.1, 0.15) is 5.75 Å². The number of hydrogen-bond donors (Lipinski definition) is 1. The molecular formula is C19H21NO4. The maximum atomic E-state index is 12.1. The summed E-state index contributed by atoms with van der Waals surface area (Å²) in [5.74, 6) is -0.374. The number of nitrogens with one attached hydrogen (secondary N) is 1. The Morgan fingerprint density at radius 3 is 2.58 bits per heavy atom. The summed E-state index contributed by atoms with van der Waals surface area (Å²) in [7, 11) is 1.52. The molecule has 5 heteroatoms. The number of para-hydroxylation sites is 1. The maximum Gasteiger partial charge on any atom is 0.338 e. The molecule has 1 amide bonds. The van der Waals surface area contributed by atoms with Crippen molar-refractivity contribution in [1.29, 1.82) is 0 Å². The first kappa shape index (κ1) is 17.5. The van der Waals surface area contributed by atoms with Gasteiger partial charge in [0.25, 0.3) is 5.91 Å². The van der Waals surface area contributed by atoms with Crippen LogP contribution < -0.4 is 10.1 Å². The van der Waals surface area contributed by atoms with E-state index in [9.17, 15) is 9.59 Å². The van der Waals surface area contributed by atoms with E-state index in [1.165, 1.54) is 7.11 Å². The summed E-state index contributed by atoms with van der Waals surface area (Å²) in [5.41, 5.74) is 3.14. The highest BCUT2D eigenvalue weighted by Crippen LogP contribution is 2.21. The van der Waals surface area contributed by atoms with Crippen LogP contribution in [0.1, 0.15) is 28.4 Å². The quantitative estimate of drug-likeness (QED) is 0.826. The molecule has 0 aliphatic heterocycles. The van der Waals surface area contributed by atoms with Gasteiger partial charge in [-0.1, -0.05) is 31.2 Å².